The zero-order valence-corrected chi connectivity index (χ0v) is 19.4. The average molecular weight is 503 g/mol. The topological polar surface area (TPSA) is 151 Å². The van der Waals surface area contributed by atoms with Crippen LogP contribution in [0.3, 0.4) is 0 Å². The molecule has 9 nitrogen and oxygen atoms in total. The summed E-state index contributed by atoms with van der Waals surface area (Å²) < 4.78 is 0. The summed E-state index contributed by atoms with van der Waals surface area (Å²) in [6.07, 6.45) is 2.79. The van der Waals surface area contributed by atoms with E-state index in [4.69, 9.17) is 44.0 Å². The third kappa shape index (κ3) is 7.49. The molecule has 2 aromatic heterocycles. The summed E-state index contributed by atoms with van der Waals surface area (Å²) in [5.41, 5.74) is -1.27. The second-order valence-electron chi connectivity index (χ2n) is 7.10. The third-order valence-electron chi connectivity index (χ3n) is 4.45. The van der Waals surface area contributed by atoms with Gasteiger partial charge < -0.3 is 36.0 Å². The van der Waals surface area contributed by atoms with Crippen molar-refractivity contribution >= 4 is 50.6 Å². The fraction of sp³-hybridized carbons (Fsp3) is 0.238. The molecule has 0 saturated heterocycles. The molecule has 0 aliphatic heterocycles. The molecule has 13 heteroatoms. The van der Waals surface area contributed by atoms with Crippen molar-refractivity contribution < 1.29 is 25.2 Å². The van der Waals surface area contributed by atoms with Crippen molar-refractivity contribution in [1.82, 2.24) is 15.3 Å². The number of aliphatic hydroxyl groups excluding tert-OH is 2. The number of pyridine rings is 1. The first-order valence-corrected chi connectivity index (χ1v) is 10.6. The molecule has 0 fully saturated rings. The van der Waals surface area contributed by atoms with E-state index in [0.717, 1.165) is 5.02 Å². The number of aliphatic hydroxyl groups is 4. The largest absolute Gasteiger partial charge is 0.404 e. The number of anilines is 1. The number of rotatable bonds is 8. The van der Waals surface area contributed by atoms with Crippen LogP contribution in [0, 0.1) is 0 Å². The van der Waals surface area contributed by atoms with Crippen LogP contribution in [0.15, 0.2) is 54.9 Å². The van der Waals surface area contributed by atoms with Gasteiger partial charge in [0.1, 0.15) is 27.2 Å². The Bertz CT molecular complexity index is 1080. The second kappa shape index (κ2) is 12.3. The third-order valence-corrected chi connectivity index (χ3v) is 5.00. The van der Waals surface area contributed by atoms with Crippen LogP contribution >= 0.6 is 23.2 Å². The minimum atomic E-state index is -2.66. The zero-order valence-electron chi connectivity index (χ0n) is 17.9. The van der Waals surface area contributed by atoms with Crippen LogP contribution in [0.2, 0.25) is 10.0 Å². The van der Waals surface area contributed by atoms with Gasteiger partial charge in [-0.05, 0) is 24.3 Å². The van der Waals surface area contributed by atoms with Crippen LogP contribution in [0.1, 0.15) is 10.5 Å². The van der Waals surface area contributed by atoms with Gasteiger partial charge in [0.05, 0.1) is 18.2 Å². The molecule has 0 aliphatic carbocycles. The highest BCUT2D eigenvalue weighted by Crippen LogP contribution is 2.31. The van der Waals surface area contributed by atoms with Crippen molar-refractivity contribution in [3.8, 4) is 11.1 Å². The monoisotopic (exact) mass is 502 g/mol. The quantitative estimate of drug-likeness (QED) is 0.178. The van der Waals surface area contributed by atoms with Crippen molar-refractivity contribution in [3.05, 3.63) is 70.6 Å². The number of H-pyrrole nitrogens is 1. The second-order valence-corrected chi connectivity index (χ2v) is 7.94. The number of benzene rings is 1. The molecule has 1 aromatic carbocycles. The lowest BCUT2D eigenvalue weighted by Crippen LogP contribution is -2.63. The molecule has 3 rings (SSSR count). The highest BCUT2D eigenvalue weighted by atomic mass is 35.5. The highest BCUT2D eigenvalue weighted by molar-refractivity contribution is 6.40. The van der Waals surface area contributed by atoms with Crippen LogP contribution in [0.4, 0.5) is 5.82 Å². The Morgan fingerprint density at radius 2 is 1.79 bits per heavy atom. The van der Waals surface area contributed by atoms with Crippen molar-refractivity contribution in [1.29, 1.82) is 0 Å². The standard InChI is InChI=1S/C15H17B2ClN4O5.C6H5Cl/c16-15(17,27)14(26,7-24)22-12-4-9(10(18)6-21-12)8-3-11(20-5-8)13(25)19-1-2-23;7-6-4-2-1-3-5-6/h3-6,20,23-24,26-27H,1-2,7H2,(H,19,25)(H,21,22);1-5H. The molecule has 0 aliphatic rings. The van der Waals surface area contributed by atoms with Crippen LogP contribution < -0.4 is 10.6 Å². The first-order chi connectivity index (χ1) is 16.0. The number of carbonyl (C=O) groups excluding carboxylic acids is 1. The van der Waals surface area contributed by atoms with Crippen LogP contribution in [0.5, 0.6) is 0 Å². The van der Waals surface area contributed by atoms with Gasteiger partial charge in [0.15, 0.2) is 5.72 Å². The van der Waals surface area contributed by atoms with E-state index in [9.17, 15) is 20.1 Å². The van der Waals surface area contributed by atoms with Gasteiger partial charge in [0.2, 0.25) is 0 Å². The van der Waals surface area contributed by atoms with E-state index in [2.05, 4.69) is 20.6 Å². The number of hydrogen-bond donors (Lipinski definition) is 7. The minimum absolute atomic E-state index is 0.00718. The molecule has 34 heavy (non-hydrogen) atoms. The fourth-order valence-corrected chi connectivity index (χ4v) is 2.92. The van der Waals surface area contributed by atoms with E-state index in [1.165, 1.54) is 24.5 Å². The number of hydrogen-bond acceptors (Lipinski definition) is 7. The summed E-state index contributed by atoms with van der Waals surface area (Å²) in [4.78, 5) is 18.6. The number of carbonyl (C=O) groups is 1. The highest BCUT2D eigenvalue weighted by Gasteiger charge is 2.41. The van der Waals surface area contributed by atoms with Gasteiger partial charge >= 0.3 is 0 Å². The maximum absolute atomic E-state index is 11.9. The van der Waals surface area contributed by atoms with E-state index in [-0.39, 0.29) is 29.7 Å². The molecule has 0 bridgehead atoms. The summed E-state index contributed by atoms with van der Waals surface area (Å²) in [6, 6.07) is 12.4. The zero-order chi connectivity index (χ0) is 25.4. The molecular weight excluding hydrogens is 481 g/mol. The van der Waals surface area contributed by atoms with Crippen LogP contribution in [0.25, 0.3) is 11.1 Å². The lowest BCUT2D eigenvalue weighted by atomic mass is 9.59. The summed E-state index contributed by atoms with van der Waals surface area (Å²) in [5, 5.41) is 41.1. The molecule has 7 N–H and O–H groups in total. The molecule has 4 radical (unpaired) electrons. The molecule has 3 aromatic rings. The summed E-state index contributed by atoms with van der Waals surface area (Å²) >= 11 is 11.7. The van der Waals surface area contributed by atoms with E-state index in [1.54, 1.807) is 0 Å². The number of halogens is 2. The van der Waals surface area contributed by atoms with Crippen LogP contribution in [-0.2, 0) is 0 Å². The Morgan fingerprint density at radius 3 is 2.32 bits per heavy atom. The number of amides is 1. The number of nitrogens with zero attached hydrogens (tertiary/aromatic N) is 1. The molecule has 2 heterocycles. The maximum atomic E-state index is 11.9. The Kier molecular flexibility index (Phi) is 9.99. The lowest BCUT2D eigenvalue weighted by Gasteiger charge is -2.39. The maximum Gasteiger partial charge on any atom is 0.267 e. The fourth-order valence-electron chi connectivity index (χ4n) is 2.57. The normalized spacial score (nSPS) is 12.8. The van der Waals surface area contributed by atoms with Crippen molar-refractivity contribution in [2.24, 2.45) is 0 Å². The predicted octanol–water partition coefficient (Wildman–Crippen LogP) is 0.868. The van der Waals surface area contributed by atoms with E-state index in [0.29, 0.717) is 11.1 Å². The van der Waals surface area contributed by atoms with Crippen LogP contribution in [-0.4, -0.2) is 82.9 Å². The Balaban J connectivity index is 0.000000497. The van der Waals surface area contributed by atoms with E-state index >= 15 is 0 Å². The Morgan fingerprint density at radius 1 is 1.12 bits per heavy atom. The Labute approximate surface area is 209 Å². The molecular formula is C21H22B2Cl2N4O5. The molecule has 176 valence electrons. The van der Waals surface area contributed by atoms with Gasteiger partial charge in [-0.1, -0.05) is 41.4 Å². The van der Waals surface area contributed by atoms with Crippen molar-refractivity contribution in [2.45, 2.75) is 11.1 Å². The predicted molar refractivity (Wildman–Crippen MR) is 132 cm³/mol. The summed E-state index contributed by atoms with van der Waals surface area (Å²) in [5.74, 6) is -0.405. The first-order valence-electron chi connectivity index (χ1n) is 9.86. The van der Waals surface area contributed by atoms with Gasteiger partial charge in [0, 0.05) is 40.5 Å². The number of aromatic amines is 1. The SMILES string of the molecule is Clc1ccccc1.[B]C([B])(O)C(O)(CO)Nc1cc(-c2c[nH]c(C(=O)NCCO)c2)c(Cl)cn1. The van der Waals surface area contributed by atoms with Crippen molar-refractivity contribution in [2.75, 3.05) is 25.1 Å². The molecule has 0 saturated carbocycles. The Hall–Kier alpha value is -2.53. The smallest absolute Gasteiger partial charge is 0.267 e. The lowest BCUT2D eigenvalue weighted by molar-refractivity contribution is -0.0713. The number of nitrogens with one attached hydrogen (secondary N) is 3. The molecule has 0 spiro atoms. The first kappa shape index (κ1) is 27.7. The van der Waals surface area contributed by atoms with Gasteiger partial charge in [-0.25, -0.2) is 4.98 Å². The van der Waals surface area contributed by atoms with Gasteiger partial charge in [0.25, 0.3) is 5.91 Å². The van der Waals surface area contributed by atoms with Crippen molar-refractivity contribution in [3.63, 3.8) is 0 Å². The minimum Gasteiger partial charge on any atom is -0.404 e. The summed E-state index contributed by atoms with van der Waals surface area (Å²) in [7, 11) is 10.5. The molecule has 1 unspecified atom stereocenters. The van der Waals surface area contributed by atoms with Gasteiger partial charge in [-0.2, -0.15) is 0 Å². The van der Waals surface area contributed by atoms with E-state index in [1.807, 2.05) is 30.3 Å². The molecule has 1 amide bonds. The molecule has 1 atom stereocenters. The number of aromatic nitrogens is 2. The van der Waals surface area contributed by atoms with Gasteiger partial charge in [-0.15, -0.1) is 0 Å². The van der Waals surface area contributed by atoms with Gasteiger partial charge in [-0.3, -0.25) is 4.79 Å². The summed E-state index contributed by atoms with van der Waals surface area (Å²) in [6.45, 7) is -1.08. The van der Waals surface area contributed by atoms with E-state index < -0.39 is 23.6 Å². The average Bonchev–Trinajstić information content (AvgIpc) is 3.29.